The van der Waals surface area contributed by atoms with Gasteiger partial charge in [0.1, 0.15) is 5.82 Å². The molecule has 0 fully saturated rings. The monoisotopic (exact) mass is 227 g/mol. The molecule has 1 rings (SSSR count). The summed E-state index contributed by atoms with van der Waals surface area (Å²) in [6, 6.07) is 4.17. The number of carboxylic acid groups (broad SMARTS) is 1. The average molecular weight is 228 g/mol. The number of carboxylic acids is 1. The second kappa shape index (κ2) is 4.76. The zero-order valence-corrected chi connectivity index (χ0v) is 8.38. The number of aliphatic carboxylic acids is 1. The third-order valence-corrected chi connectivity index (χ3v) is 2.17. The Kier molecular flexibility index (Phi) is 3.64. The van der Waals surface area contributed by atoms with Crippen LogP contribution < -0.4 is 0 Å². The van der Waals surface area contributed by atoms with Gasteiger partial charge >= 0.3 is 5.97 Å². The molecule has 0 bridgehead atoms. The van der Waals surface area contributed by atoms with Gasteiger partial charge in [-0.3, -0.25) is 4.79 Å². The van der Waals surface area contributed by atoms with Crippen molar-refractivity contribution in [1.82, 2.24) is 0 Å². The number of nitrogens with zero attached hydrogens (tertiary/aromatic N) is 1. The second-order valence-electron chi connectivity index (χ2n) is 2.92. The molecule has 0 atom stereocenters. The second-order valence-corrected chi connectivity index (χ2v) is 3.18. The minimum Gasteiger partial charge on any atom is -0.481 e. The number of nitriles is 1. The van der Waals surface area contributed by atoms with Crippen LogP contribution in [0.5, 0.6) is 0 Å². The standard InChI is InChI=1S/C10H7ClFNO2/c11-4-7-2-9(12)6(3-10(14)15)1-8(7)5-13/h1-2H,3-4H2,(H,14,15). The highest BCUT2D eigenvalue weighted by atomic mass is 35.5. The average Bonchev–Trinajstić information content (AvgIpc) is 2.19. The summed E-state index contributed by atoms with van der Waals surface area (Å²) in [5, 5.41) is 17.2. The lowest BCUT2D eigenvalue weighted by atomic mass is 10.0. The smallest absolute Gasteiger partial charge is 0.307 e. The van der Waals surface area contributed by atoms with Crippen molar-refractivity contribution >= 4 is 17.6 Å². The Labute approximate surface area is 90.7 Å². The Morgan fingerprint density at radius 2 is 2.20 bits per heavy atom. The van der Waals surface area contributed by atoms with Crippen LogP contribution in [0.4, 0.5) is 4.39 Å². The zero-order chi connectivity index (χ0) is 11.4. The molecule has 1 aromatic carbocycles. The van der Waals surface area contributed by atoms with Crippen LogP contribution in [-0.4, -0.2) is 11.1 Å². The molecular weight excluding hydrogens is 221 g/mol. The summed E-state index contributed by atoms with van der Waals surface area (Å²) < 4.78 is 13.3. The van der Waals surface area contributed by atoms with E-state index in [4.69, 9.17) is 22.0 Å². The van der Waals surface area contributed by atoms with Crippen LogP contribution in [0.2, 0.25) is 0 Å². The lowest BCUT2D eigenvalue weighted by molar-refractivity contribution is -0.136. The van der Waals surface area contributed by atoms with Gasteiger partial charge in [0.2, 0.25) is 0 Å². The summed E-state index contributed by atoms with van der Waals surface area (Å²) in [7, 11) is 0. The lowest BCUT2D eigenvalue weighted by Crippen LogP contribution is -2.04. The van der Waals surface area contributed by atoms with E-state index in [-0.39, 0.29) is 17.0 Å². The number of alkyl halides is 1. The molecule has 0 saturated heterocycles. The van der Waals surface area contributed by atoms with Gasteiger partial charge in [0.25, 0.3) is 0 Å². The van der Waals surface area contributed by atoms with E-state index in [0.717, 1.165) is 6.07 Å². The quantitative estimate of drug-likeness (QED) is 0.804. The maximum Gasteiger partial charge on any atom is 0.307 e. The predicted octanol–water partition coefficient (Wildman–Crippen LogP) is 2.06. The van der Waals surface area contributed by atoms with Gasteiger partial charge in [-0.15, -0.1) is 11.6 Å². The van der Waals surface area contributed by atoms with E-state index in [1.807, 2.05) is 6.07 Å². The van der Waals surface area contributed by atoms with Gasteiger partial charge in [0.05, 0.1) is 18.1 Å². The molecule has 0 saturated carbocycles. The van der Waals surface area contributed by atoms with Gasteiger partial charge in [-0.2, -0.15) is 5.26 Å². The fourth-order valence-corrected chi connectivity index (χ4v) is 1.39. The van der Waals surface area contributed by atoms with Gasteiger partial charge in [0.15, 0.2) is 0 Å². The molecule has 0 unspecified atom stereocenters. The fraction of sp³-hybridized carbons (Fsp3) is 0.200. The topological polar surface area (TPSA) is 61.1 Å². The molecule has 0 aliphatic carbocycles. The van der Waals surface area contributed by atoms with Crippen LogP contribution in [0, 0.1) is 17.1 Å². The van der Waals surface area contributed by atoms with Crippen molar-refractivity contribution in [2.45, 2.75) is 12.3 Å². The molecule has 0 spiro atoms. The Hall–Kier alpha value is -1.60. The summed E-state index contributed by atoms with van der Waals surface area (Å²) >= 11 is 5.51. The van der Waals surface area contributed by atoms with Crippen molar-refractivity contribution in [3.05, 3.63) is 34.6 Å². The van der Waals surface area contributed by atoms with Gasteiger partial charge in [-0.25, -0.2) is 4.39 Å². The highest BCUT2D eigenvalue weighted by molar-refractivity contribution is 6.17. The first kappa shape index (κ1) is 11.5. The number of benzene rings is 1. The summed E-state index contributed by atoms with van der Waals surface area (Å²) in [5.41, 5.74) is 0.571. The minimum absolute atomic E-state index is 0.00656. The van der Waals surface area contributed by atoms with Gasteiger partial charge in [-0.1, -0.05) is 0 Å². The van der Waals surface area contributed by atoms with E-state index in [0.29, 0.717) is 5.56 Å². The highest BCUT2D eigenvalue weighted by Gasteiger charge is 2.11. The van der Waals surface area contributed by atoms with Gasteiger partial charge < -0.3 is 5.11 Å². The van der Waals surface area contributed by atoms with Crippen molar-refractivity contribution in [3.8, 4) is 6.07 Å². The van der Waals surface area contributed by atoms with E-state index in [1.165, 1.54) is 6.07 Å². The van der Waals surface area contributed by atoms with Crippen molar-refractivity contribution in [2.24, 2.45) is 0 Å². The largest absolute Gasteiger partial charge is 0.481 e. The molecule has 5 heteroatoms. The third-order valence-electron chi connectivity index (χ3n) is 1.88. The molecule has 78 valence electrons. The van der Waals surface area contributed by atoms with Crippen molar-refractivity contribution < 1.29 is 14.3 Å². The van der Waals surface area contributed by atoms with Crippen LogP contribution in [0.25, 0.3) is 0 Å². The Bertz CT molecular complexity index is 440. The van der Waals surface area contributed by atoms with Crippen molar-refractivity contribution in [3.63, 3.8) is 0 Å². The minimum atomic E-state index is -1.14. The Balaban J connectivity index is 3.21. The van der Waals surface area contributed by atoms with Gasteiger partial charge in [0, 0.05) is 11.4 Å². The molecule has 3 nitrogen and oxygen atoms in total. The fourth-order valence-electron chi connectivity index (χ4n) is 1.17. The molecule has 1 aromatic rings. The Morgan fingerprint density at radius 3 is 2.67 bits per heavy atom. The van der Waals surface area contributed by atoms with Crippen molar-refractivity contribution in [2.75, 3.05) is 0 Å². The molecule has 1 N–H and O–H groups in total. The number of rotatable bonds is 3. The van der Waals surface area contributed by atoms with Crippen LogP contribution in [0.15, 0.2) is 12.1 Å². The maximum atomic E-state index is 13.3. The maximum absolute atomic E-state index is 13.3. The molecular formula is C10H7ClFNO2. The molecule has 0 heterocycles. The van der Waals surface area contributed by atoms with E-state index < -0.39 is 18.2 Å². The Morgan fingerprint density at radius 1 is 1.53 bits per heavy atom. The van der Waals surface area contributed by atoms with Crippen LogP contribution in [0.3, 0.4) is 0 Å². The van der Waals surface area contributed by atoms with E-state index in [2.05, 4.69) is 0 Å². The van der Waals surface area contributed by atoms with Crippen LogP contribution in [-0.2, 0) is 17.1 Å². The summed E-state index contributed by atoms with van der Waals surface area (Å²) in [6.07, 6.45) is -0.441. The van der Waals surface area contributed by atoms with Crippen molar-refractivity contribution in [1.29, 1.82) is 5.26 Å². The molecule has 0 amide bonds. The summed E-state index contributed by atoms with van der Waals surface area (Å²) in [5.74, 6) is -1.77. The first-order chi connectivity index (χ1) is 7.08. The number of halogens is 2. The lowest BCUT2D eigenvalue weighted by Gasteiger charge is -2.04. The predicted molar refractivity (Wildman–Crippen MR) is 52.0 cm³/mol. The molecule has 0 aliphatic rings. The zero-order valence-electron chi connectivity index (χ0n) is 7.63. The molecule has 0 aliphatic heterocycles. The van der Waals surface area contributed by atoms with Crippen LogP contribution in [0.1, 0.15) is 16.7 Å². The van der Waals surface area contributed by atoms with Crippen LogP contribution >= 0.6 is 11.6 Å². The molecule has 15 heavy (non-hydrogen) atoms. The molecule has 0 radical (unpaired) electrons. The first-order valence-corrected chi connectivity index (χ1v) is 4.61. The number of hydrogen-bond donors (Lipinski definition) is 1. The van der Waals surface area contributed by atoms with E-state index in [1.54, 1.807) is 0 Å². The number of hydrogen-bond acceptors (Lipinski definition) is 2. The highest BCUT2D eigenvalue weighted by Crippen LogP contribution is 2.17. The van der Waals surface area contributed by atoms with E-state index >= 15 is 0 Å². The summed E-state index contributed by atoms with van der Waals surface area (Å²) in [4.78, 5) is 10.4. The first-order valence-electron chi connectivity index (χ1n) is 4.07. The number of carbonyl (C=O) groups is 1. The van der Waals surface area contributed by atoms with Gasteiger partial charge in [-0.05, 0) is 17.7 Å². The van der Waals surface area contributed by atoms with E-state index in [9.17, 15) is 9.18 Å². The normalized spacial score (nSPS) is 9.67. The SMILES string of the molecule is N#Cc1cc(CC(=O)O)c(F)cc1CCl. The summed E-state index contributed by atoms with van der Waals surface area (Å²) in [6.45, 7) is 0. The molecule has 0 aromatic heterocycles. The third kappa shape index (κ3) is 2.67.